The Morgan fingerprint density at radius 2 is 2.33 bits per heavy atom. The standard InChI is InChI=1S/C16H17N5O2S/c1-19-13-8-17-10-18-15(13)21(16(19)23)11-4-5-20(9-11)14(22)7-12-3-2-6-24-12/h2-3,6,8,10-11H,4-5,7,9H2,1H3. The van der Waals surface area contributed by atoms with Crippen molar-refractivity contribution < 1.29 is 4.79 Å². The van der Waals surface area contributed by atoms with Gasteiger partial charge in [-0.05, 0) is 17.9 Å². The highest BCUT2D eigenvalue weighted by Gasteiger charge is 2.30. The molecule has 124 valence electrons. The Labute approximate surface area is 142 Å². The topological polar surface area (TPSA) is 73.0 Å². The predicted molar refractivity (Wildman–Crippen MR) is 91.0 cm³/mol. The number of nitrogens with zero attached hydrogens (tertiary/aromatic N) is 5. The smallest absolute Gasteiger partial charge is 0.330 e. The van der Waals surface area contributed by atoms with Crippen LogP contribution in [0.2, 0.25) is 0 Å². The number of aromatic nitrogens is 4. The Morgan fingerprint density at radius 1 is 1.46 bits per heavy atom. The molecule has 0 N–H and O–H groups in total. The third-order valence-electron chi connectivity index (χ3n) is 4.54. The summed E-state index contributed by atoms with van der Waals surface area (Å²) >= 11 is 1.59. The minimum absolute atomic E-state index is 0.0385. The van der Waals surface area contributed by atoms with Crippen molar-refractivity contribution in [3.63, 3.8) is 0 Å². The predicted octanol–water partition coefficient (Wildman–Crippen LogP) is 1.21. The lowest BCUT2D eigenvalue weighted by atomic mass is 10.2. The molecule has 3 aromatic heterocycles. The van der Waals surface area contributed by atoms with Gasteiger partial charge in [-0.2, -0.15) is 0 Å². The molecule has 0 aliphatic carbocycles. The molecule has 24 heavy (non-hydrogen) atoms. The molecule has 4 heterocycles. The van der Waals surface area contributed by atoms with Crippen molar-refractivity contribution in [1.29, 1.82) is 0 Å². The number of imidazole rings is 1. The zero-order valence-electron chi connectivity index (χ0n) is 13.3. The lowest BCUT2D eigenvalue weighted by molar-refractivity contribution is -0.129. The average Bonchev–Trinajstić information content (AvgIpc) is 3.30. The van der Waals surface area contributed by atoms with Crippen molar-refractivity contribution in [2.75, 3.05) is 13.1 Å². The van der Waals surface area contributed by atoms with Gasteiger partial charge in [-0.25, -0.2) is 14.8 Å². The maximum Gasteiger partial charge on any atom is 0.330 e. The van der Waals surface area contributed by atoms with E-state index in [9.17, 15) is 9.59 Å². The van der Waals surface area contributed by atoms with Gasteiger partial charge in [0.15, 0.2) is 5.65 Å². The summed E-state index contributed by atoms with van der Waals surface area (Å²) in [4.78, 5) is 36.2. The number of carbonyl (C=O) groups is 1. The summed E-state index contributed by atoms with van der Waals surface area (Å²) in [5, 5.41) is 1.98. The lowest BCUT2D eigenvalue weighted by Gasteiger charge is -2.16. The molecule has 1 aliphatic heterocycles. The highest BCUT2D eigenvalue weighted by atomic mass is 32.1. The number of hydrogen-bond acceptors (Lipinski definition) is 5. The van der Waals surface area contributed by atoms with Crippen LogP contribution >= 0.6 is 11.3 Å². The van der Waals surface area contributed by atoms with Crippen molar-refractivity contribution >= 4 is 28.4 Å². The fourth-order valence-electron chi connectivity index (χ4n) is 3.28. The SMILES string of the molecule is Cn1c(=O)n(C2CCN(C(=O)Cc3cccs3)C2)c2ncncc21. The van der Waals surface area contributed by atoms with Gasteiger partial charge in [-0.15, -0.1) is 11.3 Å². The lowest BCUT2D eigenvalue weighted by Crippen LogP contribution is -2.32. The number of fused-ring (bicyclic) bond motifs is 1. The van der Waals surface area contributed by atoms with Gasteiger partial charge < -0.3 is 4.90 Å². The Bertz CT molecular complexity index is 943. The van der Waals surface area contributed by atoms with Gasteiger partial charge in [0.1, 0.15) is 11.8 Å². The van der Waals surface area contributed by atoms with Gasteiger partial charge in [-0.1, -0.05) is 6.07 Å². The molecule has 0 spiro atoms. The fraction of sp³-hybridized carbons (Fsp3) is 0.375. The molecular formula is C16H17N5O2S. The summed E-state index contributed by atoms with van der Waals surface area (Å²) in [5.41, 5.74) is 1.24. The molecule has 0 radical (unpaired) electrons. The number of hydrogen-bond donors (Lipinski definition) is 0. The zero-order chi connectivity index (χ0) is 16.7. The van der Waals surface area contributed by atoms with E-state index in [0.717, 1.165) is 11.3 Å². The summed E-state index contributed by atoms with van der Waals surface area (Å²) in [6.07, 6.45) is 4.29. The maximum absolute atomic E-state index is 12.6. The van der Waals surface area contributed by atoms with Crippen LogP contribution in [-0.4, -0.2) is 43.0 Å². The molecule has 1 atom stereocenters. The van der Waals surface area contributed by atoms with Crippen molar-refractivity contribution in [3.8, 4) is 0 Å². The van der Waals surface area contributed by atoms with E-state index in [-0.39, 0.29) is 17.6 Å². The quantitative estimate of drug-likeness (QED) is 0.716. The molecule has 4 rings (SSSR count). The number of amides is 1. The highest BCUT2D eigenvalue weighted by Crippen LogP contribution is 2.24. The molecule has 7 nitrogen and oxygen atoms in total. The fourth-order valence-corrected chi connectivity index (χ4v) is 3.97. The Kier molecular flexibility index (Phi) is 3.68. The first-order valence-electron chi connectivity index (χ1n) is 7.82. The van der Waals surface area contributed by atoms with Gasteiger partial charge in [0.05, 0.1) is 18.7 Å². The first-order chi connectivity index (χ1) is 11.6. The molecule has 1 amide bonds. The van der Waals surface area contributed by atoms with E-state index in [4.69, 9.17) is 0 Å². The third kappa shape index (κ3) is 2.43. The summed E-state index contributed by atoms with van der Waals surface area (Å²) in [6, 6.07) is 3.89. The van der Waals surface area contributed by atoms with Crippen molar-refractivity contribution in [1.82, 2.24) is 24.0 Å². The molecular weight excluding hydrogens is 326 g/mol. The third-order valence-corrected chi connectivity index (χ3v) is 5.42. The van der Waals surface area contributed by atoms with Crippen LogP contribution in [0.1, 0.15) is 17.3 Å². The zero-order valence-corrected chi connectivity index (χ0v) is 14.1. The molecule has 8 heteroatoms. The van der Waals surface area contributed by atoms with Crippen molar-refractivity contribution in [2.24, 2.45) is 7.05 Å². The van der Waals surface area contributed by atoms with Gasteiger partial charge in [0.25, 0.3) is 0 Å². The normalized spacial score (nSPS) is 17.7. The Balaban J connectivity index is 1.58. The second kappa shape index (κ2) is 5.86. The second-order valence-electron chi connectivity index (χ2n) is 5.98. The Morgan fingerprint density at radius 3 is 3.12 bits per heavy atom. The van der Waals surface area contributed by atoms with E-state index in [0.29, 0.717) is 30.7 Å². The Hall–Kier alpha value is -2.48. The van der Waals surface area contributed by atoms with E-state index in [1.54, 1.807) is 33.7 Å². The minimum atomic E-state index is -0.108. The molecule has 1 unspecified atom stereocenters. The second-order valence-corrected chi connectivity index (χ2v) is 7.01. The van der Waals surface area contributed by atoms with E-state index in [2.05, 4.69) is 9.97 Å². The summed E-state index contributed by atoms with van der Waals surface area (Å²) in [5.74, 6) is 0.114. The summed E-state index contributed by atoms with van der Waals surface area (Å²) in [6.45, 7) is 1.22. The summed E-state index contributed by atoms with van der Waals surface area (Å²) < 4.78 is 3.26. The van der Waals surface area contributed by atoms with E-state index in [1.807, 2.05) is 22.4 Å². The van der Waals surface area contributed by atoms with Gasteiger partial charge in [-0.3, -0.25) is 13.9 Å². The molecule has 0 aromatic carbocycles. The van der Waals surface area contributed by atoms with Crippen molar-refractivity contribution in [3.05, 3.63) is 45.4 Å². The molecule has 0 bridgehead atoms. The molecule has 1 fully saturated rings. The number of carbonyl (C=O) groups excluding carboxylic acids is 1. The van der Waals surface area contributed by atoms with Crippen LogP contribution in [0.5, 0.6) is 0 Å². The van der Waals surface area contributed by atoms with E-state index >= 15 is 0 Å². The molecule has 0 saturated carbocycles. The molecule has 1 aliphatic rings. The maximum atomic E-state index is 12.6. The molecule has 1 saturated heterocycles. The first kappa shape index (κ1) is 15.1. The molecule has 3 aromatic rings. The van der Waals surface area contributed by atoms with Crippen LogP contribution in [0, 0.1) is 0 Å². The van der Waals surface area contributed by atoms with Crippen LogP contribution in [0.15, 0.2) is 34.8 Å². The number of aryl methyl sites for hydroxylation is 1. The summed E-state index contributed by atoms with van der Waals surface area (Å²) in [7, 11) is 1.72. The van der Waals surface area contributed by atoms with E-state index < -0.39 is 0 Å². The largest absolute Gasteiger partial charge is 0.340 e. The van der Waals surface area contributed by atoms with Crippen LogP contribution in [0.4, 0.5) is 0 Å². The van der Waals surface area contributed by atoms with Crippen LogP contribution in [0.3, 0.4) is 0 Å². The van der Waals surface area contributed by atoms with Crippen LogP contribution in [-0.2, 0) is 18.3 Å². The van der Waals surface area contributed by atoms with Gasteiger partial charge in [0, 0.05) is 25.0 Å². The van der Waals surface area contributed by atoms with Gasteiger partial charge >= 0.3 is 5.69 Å². The average molecular weight is 343 g/mol. The number of likely N-dealkylation sites (tertiary alicyclic amines) is 1. The highest BCUT2D eigenvalue weighted by molar-refractivity contribution is 7.10. The van der Waals surface area contributed by atoms with Crippen molar-refractivity contribution in [2.45, 2.75) is 18.9 Å². The number of thiophene rings is 1. The minimum Gasteiger partial charge on any atom is -0.340 e. The van der Waals surface area contributed by atoms with Crippen LogP contribution < -0.4 is 5.69 Å². The van der Waals surface area contributed by atoms with Gasteiger partial charge in [0.2, 0.25) is 5.91 Å². The monoisotopic (exact) mass is 343 g/mol. The van der Waals surface area contributed by atoms with E-state index in [1.165, 1.54) is 6.33 Å². The number of rotatable bonds is 3. The first-order valence-corrected chi connectivity index (χ1v) is 8.70. The van der Waals surface area contributed by atoms with Crippen LogP contribution in [0.25, 0.3) is 11.2 Å².